The standard InChI is InChI=1S/C12H16N2S.ClH/c1-2-3-4-5-12-14-10-7-6-9(13)8-11(10)15-12;/h6-8H,2-5,13H2,1H3;1H. The average Bonchev–Trinajstić information content (AvgIpc) is 2.60. The largest absolute Gasteiger partial charge is 0.399 e. The maximum Gasteiger partial charge on any atom is 0.0938 e. The van der Waals surface area contributed by atoms with Gasteiger partial charge in [0.25, 0.3) is 0 Å². The minimum atomic E-state index is 0. The van der Waals surface area contributed by atoms with E-state index in [1.165, 1.54) is 29.0 Å². The average molecular weight is 257 g/mol. The molecule has 2 nitrogen and oxygen atoms in total. The van der Waals surface area contributed by atoms with E-state index in [1.807, 2.05) is 18.2 Å². The van der Waals surface area contributed by atoms with Gasteiger partial charge in [0.15, 0.2) is 0 Å². The first-order chi connectivity index (χ1) is 7.29. The molecule has 1 aromatic carbocycles. The zero-order chi connectivity index (χ0) is 10.7. The number of fused-ring (bicyclic) bond motifs is 1. The number of nitrogens with zero attached hydrogens (tertiary/aromatic N) is 1. The number of aryl methyl sites for hydroxylation is 1. The van der Waals surface area contributed by atoms with Crippen LogP contribution in [0.25, 0.3) is 10.2 Å². The van der Waals surface area contributed by atoms with Crippen LogP contribution in [0.5, 0.6) is 0 Å². The molecular formula is C12H17ClN2S. The Hall–Kier alpha value is -0.800. The van der Waals surface area contributed by atoms with E-state index in [0.29, 0.717) is 0 Å². The predicted octanol–water partition coefficient (Wildman–Crippen LogP) is 4.03. The van der Waals surface area contributed by atoms with Crippen LogP contribution >= 0.6 is 23.7 Å². The number of nitrogens with two attached hydrogens (primary N) is 1. The molecule has 0 saturated heterocycles. The van der Waals surface area contributed by atoms with E-state index in [4.69, 9.17) is 5.73 Å². The van der Waals surface area contributed by atoms with Crippen molar-refractivity contribution in [2.75, 3.05) is 5.73 Å². The van der Waals surface area contributed by atoms with Crippen LogP contribution in [0.3, 0.4) is 0 Å². The third-order valence-corrected chi connectivity index (χ3v) is 3.53. The van der Waals surface area contributed by atoms with Gasteiger partial charge in [0.2, 0.25) is 0 Å². The van der Waals surface area contributed by atoms with Crippen molar-refractivity contribution < 1.29 is 0 Å². The molecule has 0 saturated carbocycles. The van der Waals surface area contributed by atoms with Crippen LogP contribution in [0.15, 0.2) is 18.2 Å². The molecule has 0 atom stereocenters. The summed E-state index contributed by atoms with van der Waals surface area (Å²) in [6.07, 6.45) is 4.90. The molecule has 0 unspecified atom stereocenters. The van der Waals surface area contributed by atoms with Crippen molar-refractivity contribution in [2.45, 2.75) is 32.6 Å². The summed E-state index contributed by atoms with van der Waals surface area (Å²) >= 11 is 1.77. The first-order valence-electron chi connectivity index (χ1n) is 5.44. The Morgan fingerprint density at radius 2 is 2.12 bits per heavy atom. The van der Waals surface area contributed by atoms with Gasteiger partial charge in [-0.15, -0.1) is 23.7 Å². The number of unbranched alkanes of at least 4 members (excludes halogenated alkanes) is 2. The van der Waals surface area contributed by atoms with Crippen LogP contribution in [0, 0.1) is 0 Å². The quantitative estimate of drug-likeness (QED) is 0.663. The maximum absolute atomic E-state index is 5.73. The molecule has 2 rings (SSSR count). The Morgan fingerprint density at radius 1 is 1.31 bits per heavy atom. The topological polar surface area (TPSA) is 38.9 Å². The number of thiazole rings is 1. The second-order valence-electron chi connectivity index (χ2n) is 3.79. The van der Waals surface area contributed by atoms with E-state index in [9.17, 15) is 0 Å². The molecule has 0 aliphatic heterocycles. The van der Waals surface area contributed by atoms with E-state index in [1.54, 1.807) is 11.3 Å². The normalized spacial score (nSPS) is 10.3. The van der Waals surface area contributed by atoms with E-state index in [0.717, 1.165) is 17.6 Å². The van der Waals surface area contributed by atoms with E-state index in [-0.39, 0.29) is 12.4 Å². The lowest BCUT2D eigenvalue weighted by Gasteiger charge is -1.92. The molecule has 2 aromatic rings. The highest BCUT2D eigenvalue weighted by atomic mass is 35.5. The summed E-state index contributed by atoms with van der Waals surface area (Å²) < 4.78 is 1.21. The lowest BCUT2D eigenvalue weighted by atomic mass is 10.2. The Kier molecular flexibility index (Phi) is 5.03. The monoisotopic (exact) mass is 256 g/mol. The Labute approximate surface area is 106 Å². The number of nitrogen functional groups attached to an aromatic ring is 1. The smallest absolute Gasteiger partial charge is 0.0938 e. The van der Waals surface area contributed by atoms with E-state index in [2.05, 4.69) is 11.9 Å². The highest BCUT2D eigenvalue weighted by molar-refractivity contribution is 7.18. The van der Waals surface area contributed by atoms with Gasteiger partial charge in [0, 0.05) is 5.69 Å². The van der Waals surface area contributed by atoms with Crippen LogP contribution < -0.4 is 5.73 Å². The lowest BCUT2D eigenvalue weighted by Crippen LogP contribution is -1.83. The Bertz CT molecular complexity index is 453. The number of anilines is 1. The summed E-state index contributed by atoms with van der Waals surface area (Å²) in [5, 5.41) is 1.24. The first-order valence-corrected chi connectivity index (χ1v) is 6.26. The van der Waals surface area contributed by atoms with Gasteiger partial charge < -0.3 is 5.73 Å². The molecule has 2 N–H and O–H groups in total. The summed E-state index contributed by atoms with van der Waals surface area (Å²) in [4.78, 5) is 4.59. The van der Waals surface area contributed by atoms with Gasteiger partial charge in [-0.25, -0.2) is 4.98 Å². The molecule has 0 fully saturated rings. The zero-order valence-corrected chi connectivity index (χ0v) is 11.0. The lowest BCUT2D eigenvalue weighted by molar-refractivity contribution is 0.716. The number of halogens is 1. The highest BCUT2D eigenvalue weighted by Crippen LogP contribution is 2.25. The second-order valence-corrected chi connectivity index (χ2v) is 4.91. The van der Waals surface area contributed by atoms with Gasteiger partial charge in [-0.1, -0.05) is 19.8 Å². The van der Waals surface area contributed by atoms with Crippen molar-refractivity contribution in [3.8, 4) is 0 Å². The van der Waals surface area contributed by atoms with Crippen LogP contribution in [0.1, 0.15) is 31.2 Å². The minimum Gasteiger partial charge on any atom is -0.399 e. The van der Waals surface area contributed by atoms with Crippen molar-refractivity contribution in [3.05, 3.63) is 23.2 Å². The van der Waals surface area contributed by atoms with Gasteiger partial charge in [0.05, 0.1) is 15.2 Å². The Morgan fingerprint density at radius 3 is 2.88 bits per heavy atom. The molecule has 0 spiro atoms. The fraction of sp³-hybridized carbons (Fsp3) is 0.417. The molecule has 4 heteroatoms. The fourth-order valence-electron chi connectivity index (χ4n) is 1.62. The molecule has 88 valence electrons. The summed E-state index contributed by atoms with van der Waals surface area (Å²) in [5.41, 5.74) is 7.64. The molecule has 0 aliphatic carbocycles. The van der Waals surface area contributed by atoms with Crippen molar-refractivity contribution in [3.63, 3.8) is 0 Å². The highest BCUT2D eigenvalue weighted by Gasteiger charge is 2.03. The van der Waals surface area contributed by atoms with Crippen LogP contribution in [-0.4, -0.2) is 4.98 Å². The van der Waals surface area contributed by atoms with Gasteiger partial charge in [0.1, 0.15) is 0 Å². The van der Waals surface area contributed by atoms with Crippen molar-refractivity contribution >= 4 is 39.6 Å². The molecule has 1 aromatic heterocycles. The van der Waals surface area contributed by atoms with Crippen molar-refractivity contribution in [1.29, 1.82) is 0 Å². The molecular weight excluding hydrogens is 240 g/mol. The van der Waals surface area contributed by atoms with Crippen LogP contribution in [0.2, 0.25) is 0 Å². The Balaban J connectivity index is 0.00000128. The zero-order valence-electron chi connectivity index (χ0n) is 9.40. The fourth-order valence-corrected chi connectivity index (χ4v) is 2.68. The van der Waals surface area contributed by atoms with Crippen molar-refractivity contribution in [1.82, 2.24) is 4.98 Å². The number of rotatable bonds is 4. The van der Waals surface area contributed by atoms with Gasteiger partial charge in [-0.2, -0.15) is 0 Å². The summed E-state index contributed by atoms with van der Waals surface area (Å²) in [7, 11) is 0. The van der Waals surface area contributed by atoms with Gasteiger partial charge >= 0.3 is 0 Å². The van der Waals surface area contributed by atoms with Gasteiger partial charge in [-0.05, 0) is 31.0 Å². The molecule has 0 radical (unpaired) electrons. The molecule has 0 amide bonds. The minimum absolute atomic E-state index is 0. The number of benzene rings is 1. The summed E-state index contributed by atoms with van der Waals surface area (Å²) in [6.45, 7) is 2.22. The van der Waals surface area contributed by atoms with Crippen molar-refractivity contribution in [2.24, 2.45) is 0 Å². The predicted molar refractivity (Wildman–Crippen MR) is 74.5 cm³/mol. The van der Waals surface area contributed by atoms with Gasteiger partial charge in [-0.3, -0.25) is 0 Å². The summed E-state index contributed by atoms with van der Waals surface area (Å²) in [6, 6.07) is 5.93. The second kappa shape index (κ2) is 6.06. The van der Waals surface area contributed by atoms with Crippen LogP contribution in [0.4, 0.5) is 5.69 Å². The molecule has 1 heterocycles. The number of aromatic nitrogens is 1. The number of hydrogen-bond donors (Lipinski definition) is 1. The summed E-state index contributed by atoms with van der Waals surface area (Å²) in [5.74, 6) is 0. The number of hydrogen-bond acceptors (Lipinski definition) is 3. The molecule has 0 bridgehead atoms. The third kappa shape index (κ3) is 3.09. The van der Waals surface area contributed by atoms with E-state index >= 15 is 0 Å². The molecule has 0 aliphatic rings. The third-order valence-electron chi connectivity index (χ3n) is 2.45. The van der Waals surface area contributed by atoms with Crippen LogP contribution in [-0.2, 0) is 6.42 Å². The first kappa shape index (κ1) is 13.3. The van der Waals surface area contributed by atoms with E-state index < -0.39 is 0 Å². The maximum atomic E-state index is 5.73. The molecule has 16 heavy (non-hydrogen) atoms. The SMILES string of the molecule is CCCCCc1nc2ccc(N)cc2s1.Cl.